The van der Waals surface area contributed by atoms with Crippen LogP contribution in [0.5, 0.6) is 5.75 Å². The number of ether oxygens (including phenoxy) is 2. The van der Waals surface area contributed by atoms with Gasteiger partial charge in [-0.25, -0.2) is 9.97 Å². The summed E-state index contributed by atoms with van der Waals surface area (Å²) >= 11 is 1.85. The van der Waals surface area contributed by atoms with Crippen molar-refractivity contribution in [3.05, 3.63) is 40.5 Å². The molecule has 1 aromatic carbocycles. The SMILES string of the molecule is COc1ccccc1Nc1nc(CN2CCOCC2)nc2sc3c(c12)CCCC3. The van der Waals surface area contributed by atoms with E-state index in [0.717, 1.165) is 73.6 Å². The molecule has 1 fully saturated rings. The molecule has 1 aliphatic heterocycles. The molecule has 0 bridgehead atoms. The lowest BCUT2D eigenvalue weighted by Crippen LogP contribution is -2.36. The first kappa shape index (κ1) is 18.8. The number of nitrogens with zero attached hydrogens (tertiary/aromatic N) is 3. The quantitative estimate of drug-likeness (QED) is 0.682. The average Bonchev–Trinajstić information content (AvgIpc) is 3.13. The van der Waals surface area contributed by atoms with E-state index in [4.69, 9.17) is 19.4 Å². The van der Waals surface area contributed by atoms with Crippen molar-refractivity contribution in [3.8, 4) is 5.75 Å². The van der Waals surface area contributed by atoms with Gasteiger partial charge in [-0.2, -0.15) is 0 Å². The molecule has 7 heteroatoms. The molecule has 0 radical (unpaired) electrons. The van der Waals surface area contributed by atoms with Crippen LogP contribution in [0.25, 0.3) is 10.2 Å². The second-order valence-corrected chi connectivity index (χ2v) is 8.68. The van der Waals surface area contributed by atoms with E-state index in [0.29, 0.717) is 0 Å². The van der Waals surface area contributed by atoms with Crippen molar-refractivity contribution in [3.63, 3.8) is 0 Å². The van der Waals surface area contributed by atoms with Crippen LogP contribution in [0.3, 0.4) is 0 Å². The number of thiophene rings is 1. The van der Waals surface area contributed by atoms with Gasteiger partial charge in [-0.3, -0.25) is 4.90 Å². The van der Waals surface area contributed by atoms with Crippen LogP contribution >= 0.6 is 11.3 Å². The molecule has 3 heterocycles. The number of methoxy groups -OCH3 is 1. The molecule has 2 aromatic heterocycles. The Bertz CT molecular complexity index is 1010. The highest BCUT2D eigenvalue weighted by molar-refractivity contribution is 7.19. The standard InChI is InChI=1S/C22H26N4O2S/c1-27-17-8-4-3-7-16(17)23-21-20-15-6-2-5-9-18(15)29-22(20)25-19(24-21)14-26-10-12-28-13-11-26/h3-4,7-8H,2,5-6,9-14H2,1H3,(H,23,24,25). The third kappa shape index (κ3) is 3.82. The van der Waals surface area contributed by atoms with Gasteiger partial charge in [0.05, 0.1) is 37.9 Å². The fourth-order valence-electron chi connectivity index (χ4n) is 4.20. The summed E-state index contributed by atoms with van der Waals surface area (Å²) in [6, 6.07) is 8.00. The fourth-order valence-corrected chi connectivity index (χ4v) is 5.48. The predicted molar refractivity (Wildman–Crippen MR) is 116 cm³/mol. The van der Waals surface area contributed by atoms with Gasteiger partial charge in [0, 0.05) is 18.0 Å². The molecule has 1 N–H and O–H groups in total. The van der Waals surface area contributed by atoms with Gasteiger partial charge in [0.2, 0.25) is 0 Å². The van der Waals surface area contributed by atoms with E-state index in [9.17, 15) is 0 Å². The minimum Gasteiger partial charge on any atom is -0.495 e. The molecule has 0 unspecified atom stereocenters. The maximum absolute atomic E-state index is 5.55. The van der Waals surface area contributed by atoms with Crippen LogP contribution in [0.2, 0.25) is 0 Å². The van der Waals surface area contributed by atoms with E-state index in [1.54, 1.807) is 7.11 Å². The van der Waals surface area contributed by atoms with E-state index >= 15 is 0 Å². The number of morpholine rings is 1. The van der Waals surface area contributed by atoms with Gasteiger partial charge in [-0.05, 0) is 43.4 Å². The number of fused-ring (bicyclic) bond motifs is 3. The summed E-state index contributed by atoms with van der Waals surface area (Å²) in [4.78, 5) is 14.9. The Morgan fingerprint density at radius 2 is 1.97 bits per heavy atom. The van der Waals surface area contributed by atoms with E-state index in [2.05, 4.69) is 10.2 Å². The zero-order valence-electron chi connectivity index (χ0n) is 16.7. The Balaban J connectivity index is 1.57. The fraction of sp³-hybridized carbons (Fsp3) is 0.455. The van der Waals surface area contributed by atoms with Gasteiger partial charge in [0.25, 0.3) is 0 Å². The Labute approximate surface area is 174 Å². The molecule has 6 nitrogen and oxygen atoms in total. The molecular weight excluding hydrogens is 384 g/mol. The van der Waals surface area contributed by atoms with Crippen molar-refractivity contribution < 1.29 is 9.47 Å². The lowest BCUT2D eigenvalue weighted by molar-refractivity contribution is 0.0331. The summed E-state index contributed by atoms with van der Waals surface area (Å²) in [5.41, 5.74) is 2.37. The largest absolute Gasteiger partial charge is 0.495 e. The molecule has 1 aliphatic carbocycles. The number of rotatable bonds is 5. The van der Waals surface area contributed by atoms with E-state index in [1.165, 1.54) is 28.7 Å². The number of hydrogen-bond acceptors (Lipinski definition) is 7. The predicted octanol–water partition coefficient (Wildman–Crippen LogP) is 4.15. The molecule has 29 heavy (non-hydrogen) atoms. The van der Waals surface area contributed by atoms with Gasteiger partial charge >= 0.3 is 0 Å². The number of para-hydroxylation sites is 2. The summed E-state index contributed by atoms with van der Waals surface area (Å²) in [5, 5.41) is 4.76. The highest BCUT2D eigenvalue weighted by atomic mass is 32.1. The number of anilines is 2. The zero-order chi connectivity index (χ0) is 19.6. The molecule has 1 saturated heterocycles. The molecule has 3 aromatic rings. The highest BCUT2D eigenvalue weighted by Gasteiger charge is 2.22. The number of hydrogen-bond donors (Lipinski definition) is 1. The summed E-state index contributed by atoms with van der Waals surface area (Å²) in [7, 11) is 1.70. The van der Waals surface area contributed by atoms with Crippen molar-refractivity contribution in [1.29, 1.82) is 0 Å². The monoisotopic (exact) mass is 410 g/mol. The zero-order valence-corrected chi connectivity index (χ0v) is 17.6. The van der Waals surface area contributed by atoms with Crippen LogP contribution < -0.4 is 10.1 Å². The van der Waals surface area contributed by atoms with E-state index in [1.807, 2.05) is 35.6 Å². The maximum Gasteiger partial charge on any atom is 0.146 e. The Kier molecular flexibility index (Phi) is 5.35. The topological polar surface area (TPSA) is 59.5 Å². The van der Waals surface area contributed by atoms with Crippen LogP contribution in [0.4, 0.5) is 11.5 Å². The van der Waals surface area contributed by atoms with Gasteiger partial charge < -0.3 is 14.8 Å². The van der Waals surface area contributed by atoms with E-state index in [-0.39, 0.29) is 0 Å². The molecule has 152 valence electrons. The lowest BCUT2D eigenvalue weighted by atomic mass is 9.97. The van der Waals surface area contributed by atoms with Crippen molar-refractivity contribution >= 4 is 33.1 Å². The molecule has 0 spiro atoms. The van der Waals surface area contributed by atoms with Gasteiger partial charge in [-0.1, -0.05) is 12.1 Å². The normalized spacial score (nSPS) is 17.3. The molecular formula is C22H26N4O2S. The Hall–Kier alpha value is -2.22. The van der Waals surface area contributed by atoms with Crippen LogP contribution in [0.15, 0.2) is 24.3 Å². The van der Waals surface area contributed by atoms with Crippen LogP contribution in [-0.4, -0.2) is 48.3 Å². The van der Waals surface area contributed by atoms with Gasteiger partial charge in [-0.15, -0.1) is 11.3 Å². The molecule has 0 amide bonds. The van der Waals surface area contributed by atoms with E-state index < -0.39 is 0 Å². The maximum atomic E-state index is 5.55. The van der Waals surface area contributed by atoms with Gasteiger partial charge in [0.15, 0.2) is 0 Å². The Morgan fingerprint density at radius 3 is 2.83 bits per heavy atom. The van der Waals surface area contributed by atoms with Crippen molar-refractivity contribution in [2.45, 2.75) is 32.2 Å². The second-order valence-electron chi connectivity index (χ2n) is 7.59. The third-order valence-corrected chi connectivity index (χ3v) is 6.88. The minimum atomic E-state index is 0.752. The third-order valence-electron chi connectivity index (χ3n) is 5.69. The second kappa shape index (κ2) is 8.26. The molecule has 0 atom stereocenters. The molecule has 2 aliphatic rings. The summed E-state index contributed by atoms with van der Waals surface area (Å²) in [6.07, 6.45) is 4.77. The smallest absolute Gasteiger partial charge is 0.146 e. The first-order valence-electron chi connectivity index (χ1n) is 10.3. The first-order valence-corrected chi connectivity index (χ1v) is 11.1. The van der Waals surface area contributed by atoms with Crippen LogP contribution in [-0.2, 0) is 24.1 Å². The Morgan fingerprint density at radius 1 is 1.14 bits per heavy atom. The highest BCUT2D eigenvalue weighted by Crippen LogP contribution is 2.40. The summed E-state index contributed by atoms with van der Waals surface area (Å²) in [5.74, 6) is 2.59. The number of aromatic nitrogens is 2. The van der Waals surface area contributed by atoms with Crippen molar-refractivity contribution in [1.82, 2.24) is 14.9 Å². The first-order chi connectivity index (χ1) is 14.3. The van der Waals surface area contributed by atoms with Crippen LogP contribution in [0, 0.1) is 0 Å². The summed E-state index contributed by atoms with van der Waals surface area (Å²) in [6.45, 7) is 4.17. The minimum absolute atomic E-state index is 0.752. The van der Waals surface area contributed by atoms with Gasteiger partial charge in [0.1, 0.15) is 22.2 Å². The number of aryl methyl sites for hydroxylation is 2. The lowest BCUT2D eigenvalue weighted by Gasteiger charge is -2.26. The molecule has 5 rings (SSSR count). The number of benzene rings is 1. The van der Waals surface area contributed by atoms with Crippen molar-refractivity contribution in [2.24, 2.45) is 0 Å². The number of nitrogens with one attached hydrogen (secondary N) is 1. The van der Waals surface area contributed by atoms with Crippen LogP contribution in [0.1, 0.15) is 29.1 Å². The average molecular weight is 411 g/mol. The molecule has 0 saturated carbocycles. The summed E-state index contributed by atoms with van der Waals surface area (Å²) < 4.78 is 11.0. The van der Waals surface area contributed by atoms with Crippen molar-refractivity contribution in [2.75, 3.05) is 38.7 Å².